The number of hydrogen-bond donors (Lipinski definition) is 1. The van der Waals surface area contributed by atoms with Gasteiger partial charge in [0, 0.05) is 11.2 Å². The van der Waals surface area contributed by atoms with Crippen LogP contribution in [0.25, 0.3) is 5.69 Å². The molecular weight excluding hydrogens is 384 g/mol. The van der Waals surface area contributed by atoms with Crippen LogP contribution in [0.15, 0.2) is 48.7 Å². The number of nitrogens with one attached hydrogen (secondary N) is 1. The first-order valence-electron chi connectivity index (χ1n) is 9.92. The molecule has 0 bridgehead atoms. The van der Waals surface area contributed by atoms with Crippen molar-refractivity contribution >= 4 is 17.5 Å². The molecule has 0 atom stereocenters. The van der Waals surface area contributed by atoms with Crippen LogP contribution in [-0.2, 0) is 13.0 Å². The van der Waals surface area contributed by atoms with Crippen molar-refractivity contribution in [2.75, 3.05) is 0 Å². The summed E-state index contributed by atoms with van der Waals surface area (Å²) in [5.41, 5.74) is 4.10. The number of aromatic nitrogens is 3. The molecule has 0 saturated carbocycles. The monoisotopic (exact) mass is 410 g/mol. The number of hydrogen-bond acceptors (Lipinski definition) is 3. The topological polar surface area (TPSA) is 59.8 Å². The minimum atomic E-state index is -0.116. The van der Waals surface area contributed by atoms with Gasteiger partial charge in [0.1, 0.15) is 0 Å². The lowest BCUT2D eigenvalue weighted by atomic mass is 9.98. The number of pyridine rings is 1. The summed E-state index contributed by atoms with van der Waals surface area (Å²) in [5, 5.41) is 8.54. The van der Waals surface area contributed by atoms with Crippen LogP contribution in [0.4, 0.5) is 0 Å². The average molecular weight is 411 g/mol. The van der Waals surface area contributed by atoms with E-state index in [0.717, 1.165) is 29.2 Å². The zero-order chi connectivity index (χ0) is 21.0. The lowest BCUT2D eigenvalue weighted by Gasteiger charge is -2.13. The Kier molecular flexibility index (Phi) is 6.70. The van der Waals surface area contributed by atoms with Gasteiger partial charge < -0.3 is 5.32 Å². The zero-order valence-corrected chi connectivity index (χ0v) is 18.1. The van der Waals surface area contributed by atoms with Crippen LogP contribution >= 0.6 is 11.6 Å². The van der Waals surface area contributed by atoms with E-state index in [9.17, 15) is 4.79 Å². The van der Waals surface area contributed by atoms with Crippen molar-refractivity contribution in [3.63, 3.8) is 0 Å². The van der Waals surface area contributed by atoms with Gasteiger partial charge in [0.2, 0.25) is 0 Å². The van der Waals surface area contributed by atoms with E-state index in [0.29, 0.717) is 23.0 Å². The summed E-state index contributed by atoms with van der Waals surface area (Å²) >= 11 is 6.06. The van der Waals surface area contributed by atoms with Crippen LogP contribution in [0.1, 0.15) is 61.1 Å². The van der Waals surface area contributed by atoms with Gasteiger partial charge in [-0.25, -0.2) is 4.68 Å². The van der Waals surface area contributed by atoms with Gasteiger partial charge in [0.05, 0.1) is 34.9 Å². The smallest absolute Gasteiger partial charge is 0.255 e. The molecule has 1 aromatic carbocycles. The number of halogens is 1. The molecule has 1 amide bonds. The third-order valence-electron chi connectivity index (χ3n) is 4.60. The SMILES string of the molecule is CC(C)Cc1nn(-c2ccc(Cl)cc2)c(C(C)C)c1C(=O)NCc1ccccn1. The van der Waals surface area contributed by atoms with E-state index in [1.165, 1.54) is 0 Å². The lowest BCUT2D eigenvalue weighted by Crippen LogP contribution is -2.25. The Balaban J connectivity index is 2.02. The van der Waals surface area contributed by atoms with Crippen molar-refractivity contribution in [3.05, 3.63) is 76.3 Å². The fourth-order valence-corrected chi connectivity index (χ4v) is 3.46. The van der Waals surface area contributed by atoms with Gasteiger partial charge in [-0.3, -0.25) is 9.78 Å². The number of benzene rings is 1. The molecule has 0 aliphatic carbocycles. The molecule has 0 aliphatic heterocycles. The summed E-state index contributed by atoms with van der Waals surface area (Å²) in [7, 11) is 0. The predicted molar refractivity (Wildman–Crippen MR) is 117 cm³/mol. The maximum Gasteiger partial charge on any atom is 0.255 e. The third-order valence-corrected chi connectivity index (χ3v) is 4.85. The molecule has 0 aliphatic rings. The zero-order valence-electron chi connectivity index (χ0n) is 17.3. The maximum atomic E-state index is 13.2. The van der Waals surface area contributed by atoms with Crippen molar-refractivity contribution in [1.82, 2.24) is 20.1 Å². The molecule has 2 heterocycles. The van der Waals surface area contributed by atoms with E-state index in [-0.39, 0.29) is 11.8 Å². The Morgan fingerprint density at radius 1 is 1.10 bits per heavy atom. The molecule has 1 N–H and O–H groups in total. The van der Waals surface area contributed by atoms with Crippen molar-refractivity contribution in [2.45, 2.75) is 46.6 Å². The molecule has 0 spiro atoms. The van der Waals surface area contributed by atoms with Crippen LogP contribution in [0.2, 0.25) is 5.02 Å². The second-order valence-corrected chi connectivity index (χ2v) is 8.29. The van der Waals surface area contributed by atoms with Gasteiger partial charge in [-0.05, 0) is 54.7 Å². The van der Waals surface area contributed by atoms with E-state index in [1.54, 1.807) is 6.20 Å². The maximum absolute atomic E-state index is 13.2. The molecule has 5 nitrogen and oxygen atoms in total. The number of rotatable bonds is 7. The van der Waals surface area contributed by atoms with Gasteiger partial charge in [0.15, 0.2) is 0 Å². The van der Waals surface area contributed by atoms with Crippen molar-refractivity contribution in [1.29, 1.82) is 0 Å². The lowest BCUT2D eigenvalue weighted by molar-refractivity contribution is 0.0948. The van der Waals surface area contributed by atoms with Gasteiger partial charge in [-0.2, -0.15) is 5.10 Å². The highest BCUT2D eigenvalue weighted by molar-refractivity contribution is 6.30. The summed E-state index contributed by atoms with van der Waals surface area (Å²) in [6, 6.07) is 13.2. The van der Waals surface area contributed by atoms with Gasteiger partial charge in [-0.15, -0.1) is 0 Å². The molecule has 2 aromatic heterocycles. The normalized spacial score (nSPS) is 11.3. The summed E-state index contributed by atoms with van der Waals surface area (Å²) in [5.74, 6) is 0.385. The second-order valence-electron chi connectivity index (χ2n) is 7.85. The molecule has 6 heteroatoms. The number of amides is 1. The van der Waals surface area contributed by atoms with Crippen molar-refractivity contribution in [2.24, 2.45) is 5.92 Å². The number of nitrogens with zero attached hydrogens (tertiary/aromatic N) is 3. The average Bonchev–Trinajstić information content (AvgIpc) is 3.06. The first-order chi connectivity index (χ1) is 13.9. The highest BCUT2D eigenvalue weighted by atomic mass is 35.5. The van der Waals surface area contributed by atoms with Crippen molar-refractivity contribution < 1.29 is 4.79 Å². The fraction of sp³-hybridized carbons (Fsp3) is 0.348. The molecule has 29 heavy (non-hydrogen) atoms. The Labute approximate surface area is 177 Å². The predicted octanol–water partition coefficient (Wildman–Crippen LogP) is 5.17. The number of carbonyl (C=O) groups is 1. The Hall–Kier alpha value is -2.66. The standard InChI is InChI=1S/C23H27ClN4O/c1-15(2)13-20-21(23(29)26-14-18-7-5-6-12-25-18)22(16(3)4)28(27-20)19-10-8-17(24)9-11-19/h5-12,15-16H,13-14H2,1-4H3,(H,26,29). The minimum absolute atomic E-state index is 0.116. The molecular formula is C23H27ClN4O. The molecule has 3 aromatic rings. The summed E-state index contributed by atoms with van der Waals surface area (Å²) in [4.78, 5) is 17.5. The third kappa shape index (κ3) is 5.04. The van der Waals surface area contributed by atoms with Crippen LogP contribution in [-0.4, -0.2) is 20.7 Å². The second kappa shape index (κ2) is 9.23. The van der Waals surface area contributed by atoms with Crippen LogP contribution in [0.3, 0.4) is 0 Å². The summed E-state index contributed by atoms with van der Waals surface area (Å²) in [6.45, 7) is 8.80. The van der Waals surface area contributed by atoms with Gasteiger partial charge >= 0.3 is 0 Å². The highest BCUT2D eigenvalue weighted by Crippen LogP contribution is 2.28. The Morgan fingerprint density at radius 2 is 1.83 bits per heavy atom. The summed E-state index contributed by atoms with van der Waals surface area (Å²) in [6.07, 6.45) is 2.45. The first-order valence-corrected chi connectivity index (χ1v) is 10.3. The molecule has 0 fully saturated rings. The summed E-state index contributed by atoms with van der Waals surface area (Å²) < 4.78 is 1.88. The molecule has 3 rings (SSSR count). The van der Waals surface area contributed by atoms with Gasteiger partial charge in [0.25, 0.3) is 5.91 Å². The molecule has 0 unspecified atom stereocenters. The fourth-order valence-electron chi connectivity index (χ4n) is 3.33. The quantitative estimate of drug-likeness (QED) is 0.584. The van der Waals surface area contributed by atoms with E-state index in [1.807, 2.05) is 47.1 Å². The Morgan fingerprint density at radius 3 is 2.41 bits per heavy atom. The first kappa shape index (κ1) is 21.1. The van der Waals surface area contributed by atoms with E-state index >= 15 is 0 Å². The van der Waals surface area contributed by atoms with Crippen LogP contribution in [0.5, 0.6) is 0 Å². The Bertz CT molecular complexity index is 963. The minimum Gasteiger partial charge on any atom is -0.346 e. The van der Waals surface area contributed by atoms with Crippen LogP contribution < -0.4 is 5.32 Å². The van der Waals surface area contributed by atoms with Gasteiger partial charge in [-0.1, -0.05) is 45.4 Å². The van der Waals surface area contributed by atoms with E-state index in [4.69, 9.17) is 16.7 Å². The van der Waals surface area contributed by atoms with Crippen LogP contribution in [0, 0.1) is 5.92 Å². The van der Waals surface area contributed by atoms with E-state index in [2.05, 4.69) is 38.0 Å². The van der Waals surface area contributed by atoms with E-state index < -0.39 is 0 Å². The molecule has 0 radical (unpaired) electrons. The number of carbonyl (C=O) groups excluding carboxylic acids is 1. The molecule has 0 saturated heterocycles. The molecule has 152 valence electrons. The largest absolute Gasteiger partial charge is 0.346 e. The highest BCUT2D eigenvalue weighted by Gasteiger charge is 2.26. The van der Waals surface area contributed by atoms with Crippen molar-refractivity contribution in [3.8, 4) is 5.69 Å².